The van der Waals surface area contributed by atoms with E-state index in [0.717, 1.165) is 43.3 Å². The van der Waals surface area contributed by atoms with E-state index in [4.69, 9.17) is 4.52 Å². The number of rotatable bonds is 6. The molecule has 0 aromatic carbocycles. The molecule has 5 rings (SSSR count). The van der Waals surface area contributed by atoms with Gasteiger partial charge in [0.1, 0.15) is 11.6 Å². The van der Waals surface area contributed by atoms with Gasteiger partial charge in [-0.15, -0.1) is 10.2 Å². The van der Waals surface area contributed by atoms with Crippen molar-refractivity contribution < 1.29 is 9.32 Å². The van der Waals surface area contributed by atoms with E-state index < -0.39 is 0 Å². The van der Waals surface area contributed by atoms with Crippen LogP contribution >= 0.6 is 0 Å². The van der Waals surface area contributed by atoms with Crippen LogP contribution in [0.25, 0.3) is 0 Å². The molecule has 3 aromatic heterocycles. The highest BCUT2D eigenvalue weighted by Gasteiger charge is 2.34. The van der Waals surface area contributed by atoms with E-state index >= 15 is 0 Å². The smallest absolute Gasteiger partial charge is 0.230 e. The summed E-state index contributed by atoms with van der Waals surface area (Å²) in [7, 11) is 0. The number of aryl methyl sites for hydroxylation is 1. The molecule has 0 radical (unpaired) electrons. The summed E-state index contributed by atoms with van der Waals surface area (Å²) in [6.07, 6.45) is 10.0. The average molecular weight is 395 g/mol. The number of carbonyl (C=O) groups excluding carboxylic acids is 1. The number of piperidine rings is 1. The van der Waals surface area contributed by atoms with Crippen LogP contribution in [0.4, 0.5) is 0 Å². The fourth-order valence-corrected chi connectivity index (χ4v) is 4.15. The molecule has 0 unspecified atom stereocenters. The Labute approximate surface area is 168 Å². The molecule has 2 fully saturated rings. The summed E-state index contributed by atoms with van der Waals surface area (Å²) in [4.78, 5) is 18.6. The van der Waals surface area contributed by atoms with Crippen LogP contribution in [0.1, 0.15) is 60.7 Å². The SMILES string of the molecule is Cc1cc(CC(=O)N2CCC(c3nnc(Cn4ccnc4)n3C3CC3)CC2)on1. The highest BCUT2D eigenvalue weighted by molar-refractivity contribution is 5.78. The molecule has 9 nitrogen and oxygen atoms in total. The quantitative estimate of drug-likeness (QED) is 0.634. The van der Waals surface area contributed by atoms with Crippen LogP contribution in [0.2, 0.25) is 0 Å². The second-order valence-corrected chi connectivity index (χ2v) is 8.08. The lowest BCUT2D eigenvalue weighted by Crippen LogP contribution is -2.39. The molecule has 2 aliphatic rings. The van der Waals surface area contributed by atoms with E-state index in [2.05, 4.69) is 24.9 Å². The van der Waals surface area contributed by atoms with Gasteiger partial charge in [-0.2, -0.15) is 0 Å². The van der Waals surface area contributed by atoms with Crippen molar-refractivity contribution in [2.45, 2.75) is 57.5 Å². The van der Waals surface area contributed by atoms with Crippen molar-refractivity contribution in [2.75, 3.05) is 13.1 Å². The maximum Gasteiger partial charge on any atom is 0.230 e. The molecule has 1 aliphatic heterocycles. The lowest BCUT2D eigenvalue weighted by molar-refractivity contribution is -0.131. The van der Waals surface area contributed by atoms with Gasteiger partial charge < -0.3 is 18.6 Å². The predicted octanol–water partition coefficient (Wildman–Crippen LogP) is 2.10. The van der Waals surface area contributed by atoms with E-state index in [1.807, 2.05) is 35.0 Å². The third-order valence-corrected chi connectivity index (χ3v) is 5.80. The van der Waals surface area contributed by atoms with E-state index in [9.17, 15) is 4.79 Å². The van der Waals surface area contributed by atoms with Gasteiger partial charge in [0.05, 0.1) is 25.0 Å². The van der Waals surface area contributed by atoms with Crippen LogP contribution in [0.15, 0.2) is 29.3 Å². The first kappa shape index (κ1) is 18.1. The Morgan fingerprint density at radius 1 is 1.21 bits per heavy atom. The predicted molar refractivity (Wildman–Crippen MR) is 103 cm³/mol. The Morgan fingerprint density at radius 2 is 2.03 bits per heavy atom. The Balaban J connectivity index is 1.25. The first-order chi connectivity index (χ1) is 14.2. The minimum absolute atomic E-state index is 0.101. The van der Waals surface area contributed by atoms with Gasteiger partial charge in [-0.25, -0.2) is 4.98 Å². The van der Waals surface area contributed by atoms with Gasteiger partial charge in [0, 0.05) is 43.5 Å². The van der Waals surface area contributed by atoms with Gasteiger partial charge >= 0.3 is 0 Å². The maximum atomic E-state index is 12.6. The summed E-state index contributed by atoms with van der Waals surface area (Å²) >= 11 is 0. The van der Waals surface area contributed by atoms with Gasteiger partial charge in [0.2, 0.25) is 5.91 Å². The molecular weight excluding hydrogens is 370 g/mol. The van der Waals surface area contributed by atoms with Crippen molar-refractivity contribution in [3.63, 3.8) is 0 Å². The van der Waals surface area contributed by atoms with Gasteiger partial charge in [-0.05, 0) is 32.6 Å². The summed E-state index contributed by atoms with van der Waals surface area (Å²) in [6, 6.07) is 2.35. The topological polar surface area (TPSA) is 94.9 Å². The van der Waals surface area contributed by atoms with Crippen LogP contribution < -0.4 is 0 Å². The lowest BCUT2D eigenvalue weighted by atomic mass is 9.95. The molecule has 0 spiro atoms. The van der Waals surface area contributed by atoms with Crippen LogP contribution in [0.3, 0.4) is 0 Å². The highest BCUT2D eigenvalue weighted by atomic mass is 16.5. The van der Waals surface area contributed by atoms with Gasteiger partial charge in [0.25, 0.3) is 0 Å². The van der Waals surface area contributed by atoms with Crippen molar-refractivity contribution in [1.82, 2.24) is 34.4 Å². The minimum Gasteiger partial charge on any atom is -0.361 e. The molecule has 152 valence electrons. The second-order valence-electron chi connectivity index (χ2n) is 8.08. The molecule has 0 atom stereocenters. The lowest BCUT2D eigenvalue weighted by Gasteiger charge is -2.31. The zero-order valence-corrected chi connectivity index (χ0v) is 16.6. The molecule has 9 heteroatoms. The molecule has 1 saturated carbocycles. The van der Waals surface area contributed by atoms with Crippen molar-refractivity contribution in [3.05, 3.63) is 47.9 Å². The number of likely N-dealkylation sites (tertiary alicyclic amines) is 1. The standard InChI is InChI=1S/C20H25N7O2/c1-14-10-17(29-24-14)11-19(28)26-7-4-15(5-8-26)20-23-22-18(27(20)16-2-3-16)12-25-9-6-21-13-25/h6,9-10,13,15-16H,2-5,7-8,11-12H2,1H3. The van der Waals surface area contributed by atoms with Crippen molar-refractivity contribution >= 4 is 5.91 Å². The number of amides is 1. The Bertz CT molecular complexity index is 979. The summed E-state index contributed by atoms with van der Waals surface area (Å²) in [5.41, 5.74) is 0.803. The maximum absolute atomic E-state index is 12.6. The number of imidazole rings is 1. The van der Waals surface area contributed by atoms with Crippen LogP contribution in [-0.4, -0.2) is 53.4 Å². The van der Waals surface area contributed by atoms with Crippen molar-refractivity contribution in [2.24, 2.45) is 0 Å². The molecule has 1 amide bonds. The average Bonchev–Trinajstić information content (AvgIpc) is 3.09. The van der Waals surface area contributed by atoms with Crippen molar-refractivity contribution in [1.29, 1.82) is 0 Å². The fraction of sp³-hybridized carbons (Fsp3) is 0.550. The van der Waals surface area contributed by atoms with Crippen LogP contribution in [0, 0.1) is 6.92 Å². The third kappa shape index (κ3) is 3.81. The normalized spacial score (nSPS) is 17.8. The molecule has 1 saturated heterocycles. The number of aromatic nitrogens is 6. The van der Waals surface area contributed by atoms with Gasteiger partial charge in [-0.3, -0.25) is 4.79 Å². The number of hydrogen-bond acceptors (Lipinski definition) is 6. The van der Waals surface area contributed by atoms with E-state index in [1.54, 1.807) is 6.20 Å². The molecular formula is C20H25N7O2. The Kier molecular flexibility index (Phi) is 4.65. The monoisotopic (exact) mass is 395 g/mol. The second kappa shape index (κ2) is 7.46. The number of carbonyl (C=O) groups is 1. The summed E-state index contributed by atoms with van der Waals surface area (Å²) in [6.45, 7) is 4.04. The van der Waals surface area contributed by atoms with Gasteiger partial charge in [0.15, 0.2) is 5.82 Å². The Morgan fingerprint density at radius 3 is 2.69 bits per heavy atom. The molecule has 1 aliphatic carbocycles. The zero-order valence-electron chi connectivity index (χ0n) is 16.6. The highest BCUT2D eigenvalue weighted by Crippen LogP contribution is 2.40. The molecule has 29 heavy (non-hydrogen) atoms. The van der Waals surface area contributed by atoms with Crippen molar-refractivity contribution in [3.8, 4) is 0 Å². The van der Waals surface area contributed by atoms with E-state index in [0.29, 0.717) is 24.3 Å². The fourth-order valence-electron chi connectivity index (χ4n) is 4.15. The zero-order chi connectivity index (χ0) is 19.8. The molecule has 4 heterocycles. The Hall–Kier alpha value is -2.97. The van der Waals surface area contributed by atoms with Crippen LogP contribution in [0.5, 0.6) is 0 Å². The first-order valence-electron chi connectivity index (χ1n) is 10.3. The van der Waals surface area contributed by atoms with E-state index in [1.165, 1.54) is 12.8 Å². The third-order valence-electron chi connectivity index (χ3n) is 5.80. The van der Waals surface area contributed by atoms with Crippen LogP contribution in [-0.2, 0) is 17.8 Å². The molecule has 0 N–H and O–H groups in total. The minimum atomic E-state index is 0.101. The largest absolute Gasteiger partial charge is 0.361 e. The first-order valence-corrected chi connectivity index (χ1v) is 10.3. The number of nitrogens with zero attached hydrogens (tertiary/aromatic N) is 7. The summed E-state index contributed by atoms with van der Waals surface area (Å²) < 4.78 is 9.56. The summed E-state index contributed by atoms with van der Waals surface area (Å²) in [5.74, 6) is 3.16. The van der Waals surface area contributed by atoms with E-state index in [-0.39, 0.29) is 12.3 Å². The summed E-state index contributed by atoms with van der Waals surface area (Å²) in [5, 5.41) is 12.9. The molecule has 3 aromatic rings. The molecule has 0 bridgehead atoms. The number of hydrogen-bond donors (Lipinski definition) is 0. The van der Waals surface area contributed by atoms with Gasteiger partial charge in [-0.1, -0.05) is 5.16 Å².